The van der Waals surface area contributed by atoms with E-state index in [0.29, 0.717) is 18.7 Å². The van der Waals surface area contributed by atoms with Crippen LogP contribution in [0.25, 0.3) is 0 Å². The van der Waals surface area contributed by atoms with Gasteiger partial charge in [0.05, 0.1) is 0 Å². The van der Waals surface area contributed by atoms with E-state index in [1.807, 2.05) is 0 Å². The molecule has 2 nitrogen and oxygen atoms in total. The molecule has 0 bridgehead atoms. The summed E-state index contributed by atoms with van der Waals surface area (Å²) in [5, 5.41) is 9.26. The fraction of sp³-hybridized carbons (Fsp3) is 0.455. The predicted molar refractivity (Wildman–Crippen MR) is 100.0 cm³/mol. The molecule has 3 rings (SSSR count). The Kier molecular flexibility index (Phi) is 6.45. The first kappa shape index (κ1) is 17.2. The summed E-state index contributed by atoms with van der Waals surface area (Å²) < 4.78 is 0. The largest absolute Gasteiger partial charge is 0.396 e. The minimum Gasteiger partial charge on any atom is -0.396 e. The van der Waals surface area contributed by atoms with Crippen LogP contribution in [0.2, 0.25) is 0 Å². The molecule has 0 aliphatic carbocycles. The maximum atomic E-state index is 9.26. The summed E-state index contributed by atoms with van der Waals surface area (Å²) in [6.07, 6.45) is 6.94. The second-order valence-corrected chi connectivity index (χ2v) is 6.87. The van der Waals surface area contributed by atoms with Gasteiger partial charge >= 0.3 is 0 Å². The second kappa shape index (κ2) is 9.00. The Morgan fingerprint density at radius 2 is 1.67 bits per heavy atom. The number of nitrogens with zero attached hydrogens (tertiary/aromatic N) is 1. The molecule has 1 saturated heterocycles. The van der Waals surface area contributed by atoms with Gasteiger partial charge in [0.15, 0.2) is 0 Å². The van der Waals surface area contributed by atoms with Crippen LogP contribution in [0.3, 0.4) is 0 Å². The summed E-state index contributed by atoms with van der Waals surface area (Å²) in [5.74, 6) is 0. The molecule has 0 aromatic heterocycles. The number of hydrogen-bond acceptors (Lipinski definition) is 2. The van der Waals surface area contributed by atoms with Gasteiger partial charge in [-0.25, -0.2) is 0 Å². The number of benzene rings is 2. The number of rotatable bonds is 7. The molecule has 2 aromatic carbocycles. The van der Waals surface area contributed by atoms with Crippen molar-refractivity contribution in [1.82, 2.24) is 4.90 Å². The van der Waals surface area contributed by atoms with Crippen molar-refractivity contribution in [1.29, 1.82) is 0 Å². The Hall–Kier alpha value is -1.64. The van der Waals surface area contributed by atoms with Crippen molar-refractivity contribution >= 4 is 0 Å². The van der Waals surface area contributed by atoms with Crippen LogP contribution in [0.4, 0.5) is 0 Å². The Morgan fingerprint density at radius 1 is 0.958 bits per heavy atom. The summed E-state index contributed by atoms with van der Waals surface area (Å²) in [7, 11) is 0. The lowest BCUT2D eigenvalue weighted by molar-refractivity contribution is 0.0825. The van der Waals surface area contributed by atoms with Gasteiger partial charge in [-0.05, 0) is 49.8 Å². The van der Waals surface area contributed by atoms with Gasteiger partial charge in [-0.2, -0.15) is 0 Å². The van der Waals surface area contributed by atoms with Crippen LogP contribution >= 0.6 is 0 Å². The molecule has 1 heterocycles. The second-order valence-electron chi connectivity index (χ2n) is 6.87. The van der Waals surface area contributed by atoms with Crippen LogP contribution in [-0.2, 0) is 6.42 Å². The third-order valence-electron chi connectivity index (χ3n) is 5.22. The lowest BCUT2D eigenvalue weighted by Crippen LogP contribution is -2.43. The summed E-state index contributed by atoms with van der Waals surface area (Å²) >= 11 is 0. The fourth-order valence-corrected chi connectivity index (χ4v) is 4.01. The SMILES string of the molecule is OCCCC1CCCCN1C(Cc1ccccc1)c1ccccc1. The normalized spacial score (nSPS) is 20.0. The number of likely N-dealkylation sites (tertiary alicyclic amines) is 1. The summed E-state index contributed by atoms with van der Waals surface area (Å²) in [6.45, 7) is 1.47. The standard InChI is InChI=1S/C22H29NO/c24-17-9-15-21-14-7-8-16-23(21)22(20-12-5-2-6-13-20)18-19-10-3-1-4-11-19/h1-6,10-13,21-22,24H,7-9,14-18H2. The molecular formula is C22H29NO. The first-order valence-electron chi connectivity index (χ1n) is 9.34. The van der Waals surface area contributed by atoms with Crippen LogP contribution < -0.4 is 0 Å². The van der Waals surface area contributed by atoms with Crippen molar-refractivity contribution in [3.8, 4) is 0 Å². The van der Waals surface area contributed by atoms with Gasteiger partial charge in [0.2, 0.25) is 0 Å². The number of aliphatic hydroxyl groups is 1. The van der Waals surface area contributed by atoms with E-state index in [9.17, 15) is 5.11 Å². The zero-order valence-corrected chi connectivity index (χ0v) is 14.5. The van der Waals surface area contributed by atoms with E-state index in [0.717, 1.165) is 19.3 Å². The molecule has 0 saturated carbocycles. The Labute approximate surface area is 146 Å². The molecule has 1 N–H and O–H groups in total. The highest BCUT2D eigenvalue weighted by atomic mass is 16.2. The van der Waals surface area contributed by atoms with Crippen molar-refractivity contribution in [3.05, 3.63) is 71.8 Å². The van der Waals surface area contributed by atoms with E-state index in [1.54, 1.807) is 0 Å². The van der Waals surface area contributed by atoms with Crippen molar-refractivity contribution in [3.63, 3.8) is 0 Å². The fourth-order valence-electron chi connectivity index (χ4n) is 4.01. The molecule has 2 atom stereocenters. The highest BCUT2D eigenvalue weighted by Crippen LogP contribution is 2.33. The average molecular weight is 323 g/mol. The summed E-state index contributed by atoms with van der Waals surface area (Å²) in [4.78, 5) is 2.71. The van der Waals surface area contributed by atoms with Gasteiger partial charge < -0.3 is 5.11 Å². The highest BCUT2D eigenvalue weighted by Gasteiger charge is 2.29. The first-order chi connectivity index (χ1) is 11.9. The van der Waals surface area contributed by atoms with Crippen molar-refractivity contribution in [2.45, 2.75) is 50.6 Å². The molecule has 1 fully saturated rings. The topological polar surface area (TPSA) is 23.5 Å². The van der Waals surface area contributed by atoms with Crippen LogP contribution in [0.1, 0.15) is 49.3 Å². The minimum absolute atomic E-state index is 0.305. The van der Waals surface area contributed by atoms with Crippen LogP contribution in [0, 0.1) is 0 Å². The van der Waals surface area contributed by atoms with Gasteiger partial charge in [0.1, 0.15) is 0 Å². The quantitative estimate of drug-likeness (QED) is 0.805. The third kappa shape index (κ3) is 4.46. The Morgan fingerprint density at radius 3 is 2.38 bits per heavy atom. The van der Waals surface area contributed by atoms with Crippen LogP contribution in [-0.4, -0.2) is 29.2 Å². The number of aliphatic hydroxyl groups excluding tert-OH is 1. The van der Waals surface area contributed by atoms with Crippen LogP contribution in [0.5, 0.6) is 0 Å². The van der Waals surface area contributed by atoms with Crippen LogP contribution in [0.15, 0.2) is 60.7 Å². The van der Waals surface area contributed by atoms with Crippen molar-refractivity contribution < 1.29 is 5.11 Å². The van der Waals surface area contributed by atoms with E-state index in [1.165, 1.54) is 36.9 Å². The molecule has 2 heteroatoms. The summed E-state index contributed by atoms with van der Waals surface area (Å²) in [6, 6.07) is 22.8. The maximum absolute atomic E-state index is 9.26. The molecule has 2 aromatic rings. The molecule has 2 unspecified atom stereocenters. The molecule has 128 valence electrons. The number of piperidine rings is 1. The van der Waals surface area contributed by atoms with E-state index >= 15 is 0 Å². The minimum atomic E-state index is 0.305. The lowest BCUT2D eigenvalue weighted by atomic mass is 9.90. The molecule has 1 aliphatic heterocycles. The third-order valence-corrected chi connectivity index (χ3v) is 5.22. The van der Waals surface area contributed by atoms with E-state index < -0.39 is 0 Å². The lowest BCUT2D eigenvalue weighted by Gasteiger charge is -2.42. The molecule has 0 spiro atoms. The molecule has 0 amide bonds. The Balaban J connectivity index is 1.85. The van der Waals surface area contributed by atoms with Gasteiger partial charge in [0, 0.05) is 18.7 Å². The van der Waals surface area contributed by atoms with Crippen molar-refractivity contribution in [2.75, 3.05) is 13.2 Å². The molecule has 0 radical (unpaired) electrons. The highest BCUT2D eigenvalue weighted by molar-refractivity contribution is 5.24. The smallest absolute Gasteiger partial charge is 0.0431 e. The van der Waals surface area contributed by atoms with Gasteiger partial charge in [-0.15, -0.1) is 0 Å². The number of hydrogen-bond donors (Lipinski definition) is 1. The summed E-state index contributed by atoms with van der Waals surface area (Å²) in [5.41, 5.74) is 2.81. The molecule has 1 aliphatic rings. The first-order valence-corrected chi connectivity index (χ1v) is 9.34. The predicted octanol–water partition coefficient (Wildman–Crippen LogP) is 4.60. The molecule has 24 heavy (non-hydrogen) atoms. The Bertz CT molecular complexity index is 583. The van der Waals surface area contributed by atoms with E-state index in [2.05, 4.69) is 65.6 Å². The zero-order valence-electron chi connectivity index (χ0n) is 14.5. The van der Waals surface area contributed by atoms with E-state index in [-0.39, 0.29) is 0 Å². The monoisotopic (exact) mass is 323 g/mol. The van der Waals surface area contributed by atoms with E-state index in [4.69, 9.17) is 0 Å². The van der Waals surface area contributed by atoms with Gasteiger partial charge in [0.25, 0.3) is 0 Å². The van der Waals surface area contributed by atoms with Gasteiger partial charge in [-0.3, -0.25) is 4.90 Å². The average Bonchev–Trinajstić information content (AvgIpc) is 2.66. The maximum Gasteiger partial charge on any atom is 0.0431 e. The van der Waals surface area contributed by atoms with Gasteiger partial charge in [-0.1, -0.05) is 67.1 Å². The zero-order chi connectivity index (χ0) is 16.6. The molecular weight excluding hydrogens is 294 g/mol. The van der Waals surface area contributed by atoms with Crippen molar-refractivity contribution in [2.24, 2.45) is 0 Å².